The van der Waals surface area contributed by atoms with E-state index in [2.05, 4.69) is 22.1 Å². The zero-order valence-electron chi connectivity index (χ0n) is 21.7. The van der Waals surface area contributed by atoms with E-state index in [0.717, 1.165) is 19.6 Å². The SMILES string of the molecule is CC(C)(N)C(=O)N1CCN(C(=O)Nc2ccn(-c3ccc(CN4C[C@H]5[C@H](N)[C@@]5(C)C4)cc3)c(=O)n2)CC1. The van der Waals surface area contributed by atoms with Gasteiger partial charge < -0.3 is 21.3 Å². The summed E-state index contributed by atoms with van der Waals surface area (Å²) >= 11 is 0. The van der Waals surface area contributed by atoms with E-state index in [1.54, 1.807) is 35.9 Å². The van der Waals surface area contributed by atoms with E-state index in [9.17, 15) is 14.4 Å². The summed E-state index contributed by atoms with van der Waals surface area (Å²) in [7, 11) is 0. The standard InChI is InChI=1S/C26H36N8O3/c1-25(2,28)22(35)32-10-12-33(13-11-32)23(36)29-20-8-9-34(24(37)30-20)18-6-4-17(5-7-18)14-31-15-19-21(27)26(19,3)16-31/h4-9,19,21H,10-16,27-28H2,1-3H3,(H,29,30,36,37)/t19-,21-,26-/m0/s1. The summed E-state index contributed by atoms with van der Waals surface area (Å²) in [6.45, 7) is 10.1. The van der Waals surface area contributed by atoms with Gasteiger partial charge in [0.25, 0.3) is 0 Å². The van der Waals surface area contributed by atoms with Gasteiger partial charge in [0.2, 0.25) is 5.91 Å². The number of piperazine rings is 1. The molecule has 3 aliphatic rings. The van der Waals surface area contributed by atoms with Crippen LogP contribution >= 0.6 is 0 Å². The molecule has 1 aromatic heterocycles. The summed E-state index contributed by atoms with van der Waals surface area (Å²) in [5.74, 6) is 0.647. The number of nitrogens with one attached hydrogen (secondary N) is 1. The molecule has 11 heteroatoms. The van der Waals surface area contributed by atoms with Crippen molar-refractivity contribution in [3.05, 3.63) is 52.6 Å². The largest absolute Gasteiger partial charge is 0.354 e. The highest BCUT2D eigenvalue weighted by molar-refractivity contribution is 5.89. The van der Waals surface area contributed by atoms with Crippen LogP contribution in [0.5, 0.6) is 0 Å². The zero-order valence-corrected chi connectivity index (χ0v) is 21.7. The van der Waals surface area contributed by atoms with Crippen molar-refractivity contribution >= 4 is 17.8 Å². The maximum atomic E-state index is 12.7. The van der Waals surface area contributed by atoms with Crippen molar-refractivity contribution in [2.75, 3.05) is 44.6 Å². The van der Waals surface area contributed by atoms with Crippen LogP contribution in [-0.4, -0.2) is 87.0 Å². The van der Waals surface area contributed by atoms with Crippen LogP contribution in [0.15, 0.2) is 41.3 Å². The smallest absolute Gasteiger partial charge is 0.338 e. The molecular formula is C26H36N8O3. The first-order valence-corrected chi connectivity index (χ1v) is 12.8. The molecule has 3 atom stereocenters. The topological polar surface area (TPSA) is 143 Å². The molecule has 3 heterocycles. The van der Waals surface area contributed by atoms with Gasteiger partial charge in [0.1, 0.15) is 5.82 Å². The number of piperidine rings is 1. The number of benzene rings is 1. The van der Waals surface area contributed by atoms with Gasteiger partial charge in [-0.05, 0) is 43.5 Å². The first kappa shape index (κ1) is 25.4. The van der Waals surface area contributed by atoms with Crippen LogP contribution < -0.4 is 22.5 Å². The van der Waals surface area contributed by atoms with Gasteiger partial charge in [0.15, 0.2) is 0 Å². The number of hydrogen-bond acceptors (Lipinski definition) is 7. The van der Waals surface area contributed by atoms with E-state index in [4.69, 9.17) is 11.5 Å². The summed E-state index contributed by atoms with van der Waals surface area (Å²) in [4.78, 5) is 47.4. The van der Waals surface area contributed by atoms with Gasteiger partial charge in [-0.3, -0.25) is 19.6 Å². The van der Waals surface area contributed by atoms with Crippen molar-refractivity contribution in [3.63, 3.8) is 0 Å². The first-order valence-electron chi connectivity index (χ1n) is 12.8. The highest BCUT2D eigenvalue weighted by Crippen LogP contribution is 2.56. The molecule has 1 aliphatic carbocycles. The molecule has 198 valence electrons. The minimum Gasteiger partial charge on any atom is -0.338 e. The number of fused-ring (bicyclic) bond motifs is 1. The Bertz CT molecular complexity index is 1250. The molecule has 3 fully saturated rings. The molecule has 0 bridgehead atoms. The second-order valence-electron chi connectivity index (χ2n) is 11.4. The number of amides is 3. The molecule has 5 rings (SSSR count). The summed E-state index contributed by atoms with van der Waals surface area (Å²) in [6, 6.07) is 9.45. The number of likely N-dealkylation sites (tertiary alicyclic amines) is 1. The van der Waals surface area contributed by atoms with Crippen molar-refractivity contribution in [3.8, 4) is 5.69 Å². The molecule has 3 amide bonds. The zero-order chi connectivity index (χ0) is 26.5. The van der Waals surface area contributed by atoms with Crippen LogP contribution in [0.25, 0.3) is 5.69 Å². The van der Waals surface area contributed by atoms with Gasteiger partial charge in [-0.1, -0.05) is 19.1 Å². The summed E-state index contributed by atoms with van der Waals surface area (Å²) < 4.78 is 1.45. The minimum atomic E-state index is -0.945. The second-order valence-corrected chi connectivity index (χ2v) is 11.4. The third-order valence-corrected chi connectivity index (χ3v) is 8.02. The number of hydrogen-bond donors (Lipinski definition) is 3. The average molecular weight is 509 g/mol. The van der Waals surface area contributed by atoms with Crippen LogP contribution in [0.3, 0.4) is 0 Å². The highest BCUT2D eigenvalue weighted by Gasteiger charge is 2.63. The lowest BCUT2D eigenvalue weighted by Crippen LogP contribution is -2.58. The molecule has 5 N–H and O–H groups in total. The Morgan fingerprint density at radius 3 is 2.32 bits per heavy atom. The maximum absolute atomic E-state index is 12.7. The highest BCUT2D eigenvalue weighted by atomic mass is 16.2. The van der Waals surface area contributed by atoms with Gasteiger partial charge >= 0.3 is 11.7 Å². The maximum Gasteiger partial charge on any atom is 0.354 e. The number of nitrogens with two attached hydrogens (primary N) is 2. The van der Waals surface area contributed by atoms with Crippen LogP contribution in [-0.2, 0) is 11.3 Å². The predicted octanol–water partition coefficient (Wildman–Crippen LogP) is 0.425. The van der Waals surface area contributed by atoms with Gasteiger partial charge in [0, 0.05) is 63.5 Å². The molecule has 11 nitrogen and oxygen atoms in total. The van der Waals surface area contributed by atoms with Gasteiger partial charge in [-0.25, -0.2) is 9.59 Å². The molecule has 2 aromatic rings. The molecule has 0 radical (unpaired) electrons. The second kappa shape index (κ2) is 9.23. The van der Waals surface area contributed by atoms with E-state index < -0.39 is 11.2 Å². The fourth-order valence-electron chi connectivity index (χ4n) is 5.59. The third-order valence-electron chi connectivity index (χ3n) is 8.02. The fourth-order valence-corrected chi connectivity index (χ4v) is 5.59. The number of rotatable bonds is 5. The summed E-state index contributed by atoms with van der Waals surface area (Å²) in [5.41, 5.74) is 12.8. The van der Waals surface area contributed by atoms with Crippen LogP contribution in [0.4, 0.5) is 10.6 Å². The molecule has 2 saturated heterocycles. The quantitative estimate of drug-likeness (QED) is 0.531. The lowest BCUT2D eigenvalue weighted by atomic mass is 10.1. The Labute approximate surface area is 216 Å². The molecule has 0 unspecified atom stereocenters. The lowest BCUT2D eigenvalue weighted by Gasteiger charge is -2.37. The Morgan fingerprint density at radius 1 is 1.11 bits per heavy atom. The van der Waals surface area contributed by atoms with Gasteiger partial charge in [0.05, 0.1) is 11.2 Å². The van der Waals surface area contributed by atoms with E-state index in [1.807, 2.05) is 24.3 Å². The summed E-state index contributed by atoms with van der Waals surface area (Å²) in [5, 5.41) is 2.69. The van der Waals surface area contributed by atoms with Crippen LogP contribution in [0, 0.1) is 11.3 Å². The normalized spacial score (nSPS) is 25.6. The van der Waals surface area contributed by atoms with Crippen molar-refractivity contribution in [2.24, 2.45) is 22.8 Å². The van der Waals surface area contributed by atoms with E-state index in [-0.39, 0.29) is 23.2 Å². The molecule has 0 spiro atoms. The van der Waals surface area contributed by atoms with E-state index >= 15 is 0 Å². The van der Waals surface area contributed by atoms with Crippen LogP contribution in [0.2, 0.25) is 0 Å². The number of aromatic nitrogens is 2. The van der Waals surface area contributed by atoms with Crippen LogP contribution in [0.1, 0.15) is 26.3 Å². The fraction of sp³-hybridized carbons (Fsp3) is 0.538. The Balaban J connectivity index is 1.15. The molecular weight excluding hydrogens is 472 g/mol. The third kappa shape index (κ3) is 4.98. The number of anilines is 1. The molecule has 37 heavy (non-hydrogen) atoms. The minimum absolute atomic E-state index is 0.141. The number of carbonyl (C=O) groups excluding carboxylic acids is 2. The summed E-state index contributed by atoms with van der Waals surface area (Å²) in [6.07, 6.45) is 1.61. The van der Waals surface area contributed by atoms with Crippen molar-refractivity contribution in [1.29, 1.82) is 0 Å². The molecule has 1 aromatic carbocycles. The van der Waals surface area contributed by atoms with E-state index in [0.29, 0.717) is 43.8 Å². The Hall–Kier alpha value is -3.28. The van der Waals surface area contributed by atoms with E-state index in [1.165, 1.54) is 10.1 Å². The van der Waals surface area contributed by atoms with Gasteiger partial charge in [-0.2, -0.15) is 4.98 Å². The Kier molecular flexibility index (Phi) is 6.33. The monoisotopic (exact) mass is 508 g/mol. The van der Waals surface area contributed by atoms with Crippen molar-refractivity contribution < 1.29 is 9.59 Å². The predicted molar refractivity (Wildman–Crippen MR) is 140 cm³/mol. The number of carbonyl (C=O) groups is 2. The first-order chi connectivity index (χ1) is 17.5. The van der Waals surface area contributed by atoms with Crippen molar-refractivity contribution in [2.45, 2.75) is 38.9 Å². The number of nitrogens with zero attached hydrogens (tertiary/aromatic N) is 5. The number of urea groups is 1. The Morgan fingerprint density at radius 2 is 1.76 bits per heavy atom. The lowest BCUT2D eigenvalue weighted by molar-refractivity contribution is -0.137. The van der Waals surface area contributed by atoms with Crippen molar-refractivity contribution in [1.82, 2.24) is 24.3 Å². The molecule has 2 aliphatic heterocycles. The molecule has 1 saturated carbocycles. The average Bonchev–Trinajstić information content (AvgIpc) is 3.17. The van der Waals surface area contributed by atoms with Gasteiger partial charge in [-0.15, -0.1) is 0 Å².